The van der Waals surface area contributed by atoms with Crippen molar-refractivity contribution in [3.8, 4) is 0 Å². The molecule has 0 atom stereocenters. The van der Waals surface area contributed by atoms with Crippen LogP contribution in [0.15, 0.2) is 77.1 Å². The van der Waals surface area contributed by atoms with Crippen molar-refractivity contribution < 1.29 is 4.57 Å². The number of para-hydroxylation sites is 1. The highest BCUT2D eigenvalue weighted by Gasteiger charge is 2.07. The summed E-state index contributed by atoms with van der Waals surface area (Å²) in [5.74, 6) is 0. The van der Waals surface area contributed by atoms with Gasteiger partial charge in [0, 0.05) is 12.1 Å². The standard InChI is InChI=1S/C16H14N3/c1-19-12-11-15(14-9-5-6-10-16(14)19)18-17-13-7-3-2-4-8-13/h2-12H,1H3/q+1. The lowest BCUT2D eigenvalue weighted by Crippen LogP contribution is -2.27. The maximum absolute atomic E-state index is 4.36. The third kappa shape index (κ3) is 2.36. The summed E-state index contributed by atoms with van der Waals surface area (Å²) in [6.07, 6.45) is 2.00. The maximum Gasteiger partial charge on any atom is 0.214 e. The second-order valence-electron chi connectivity index (χ2n) is 4.36. The minimum absolute atomic E-state index is 0.861. The first-order valence-corrected chi connectivity index (χ1v) is 6.19. The summed E-state index contributed by atoms with van der Waals surface area (Å²) >= 11 is 0. The molecule has 0 aliphatic rings. The summed E-state index contributed by atoms with van der Waals surface area (Å²) in [5.41, 5.74) is 2.89. The van der Waals surface area contributed by atoms with Gasteiger partial charge < -0.3 is 0 Å². The molecule has 0 spiro atoms. The summed E-state index contributed by atoms with van der Waals surface area (Å²) in [4.78, 5) is 0. The third-order valence-electron chi connectivity index (χ3n) is 3.05. The molecule has 3 aromatic rings. The van der Waals surface area contributed by atoms with E-state index in [1.54, 1.807) is 0 Å². The monoisotopic (exact) mass is 248 g/mol. The average Bonchev–Trinajstić information content (AvgIpc) is 2.48. The first-order valence-electron chi connectivity index (χ1n) is 6.19. The quantitative estimate of drug-likeness (QED) is 0.483. The largest absolute Gasteiger partial charge is 0.214 e. The van der Waals surface area contributed by atoms with E-state index in [1.807, 2.05) is 61.8 Å². The highest BCUT2D eigenvalue weighted by Crippen LogP contribution is 2.24. The van der Waals surface area contributed by atoms with Crippen molar-refractivity contribution in [2.24, 2.45) is 17.3 Å². The first kappa shape index (κ1) is 11.5. The zero-order chi connectivity index (χ0) is 13.1. The molecule has 19 heavy (non-hydrogen) atoms. The topological polar surface area (TPSA) is 28.6 Å². The van der Waals surface area contributed by atoms with E-state index in [4.69, 9.17) is 0 Å². The fourth-order valence-electron chi connectivity index (χ4n) is 2.04. The van der Waals surface area contributed by atoms with Crippen LogP contribution < -0.4 is 4.57 Å². The lowest BCUT2D eigenvalue weighted by Gasteiger charge is -1.99. The van der Waals surface area contributed by atoms with Gasteiger partial charge in [-0.2, -0.15) is 5.11 Å². The molecule has 92 valence electrons. The number of rotatable bonds is 2. The molecule has 1 aromatic heterocycles. The lowest BCUT2D eigenvalue weighted by atomic mass is 10.2. The second-order valence-corrected chi connectivity index (χ2v) is 4.36. The number of hydrogen-bond acceptors (Lipinski definition) is 2. The molecule has 3 nitrogen and oxygen atoms in total. The van der Waals surface area contributed by atoms with E-state index in [1.165, 1.54) is 0 Å². The van der Waals surface area contributed by atoms with E-state index >= 15 is 0 Å². The summed E-state index contributed by atoms with van der Waals surface area (Å²) in [5, 5.41) is 9.73. The highest BCUT2D eigenvalue weighted by atomic mass is 15.1. The Hall–Kier alpha value is -2.55. The molecule has 0 N–H and O–H groups in total. The molecular formula is C16H14N3+. The van der Waals surface area contributed by atoms with E-state index < -0.39 is 0 Å². The van der Waals surface area contributed by atoms with Gasteiger partial charge >= 0.3 is 0 Å². The summed E-state index contributed by atoms with van der Waals surface area (Å²) in [7, 11) is 2.03. The number of fused-ring (bicyclic) bond motifs is 1. The molecule has 0 amide bonds. The molecule has 0 fully saturated rings. The van der Waals surface area contributed by atoms with Crippen LogP contribution in [-0.4, -0.2) is 0 Å². The van der Waals surface area contributed by atoms with Crippen molar-refractivity contribution in [3.05, 3.63) is 66.9 Å². The maximum atomic E-state index is 4.36. The molecule has 0 bridgehead atoms. The van der Waals surface area contributed by atoms with Crippen molar-refractivity contribution in [3.63, 3.8) is 0 Å². The van der Waals surface area contributed by atoms with Gasteiger partial charge in [0.1, 0.15) is 12.7 Å². The summed E-state index contributed by atoms with van der Waals surface area (Å²) in [6.45, 7) is 0. The van der Waals surface area contributed by atoms with Gasteiger partial charge in [0.05, 0.1) is 11.1 Å². The van der Waals surface area contributed by atoms with Gasteiger partial charge in [-0.3, -0.25) is 0 Å². The molecule has 1 heterocycles. The summed E-state index contributed by atoms with van der Waals surface area (Å²) in [6, 6.07) is 19.9. The molecule has 0 saturated carbocycles. The second kappa shape index (κ2) is 4.98. The number of azo groups is 1. The summed E-state index contributed by atoms with van der Waals surface area (Å²) < 4.78 is 2.08. The van der Waals surface area contributed by atoms with Crippen molar-refractivity contribution in [1.82, 2.24) is 0 Å². The molecule has 3 rings (SSSR count). The van der Waals surface area contributed by atoms with Crippen molar-refractivity contribution in [2.45, 2.75) is 0 Å². The Bertz CT molecular complexity index is 733. The van der Waals surface area contributed by atoms with Gasteiger partial charge in [0.2, 0.25) is 5.52 Å². The van der Waals surface area contributed by atoms with Crippen LogP contribution in [0.4, 0.5) is 11.4 Å². The smallest absolute Gasteiger partial charge is 0.201 e. The fourth-order valence-corrected chi connectivity index (χ4v) is 2.04. The van der Waals surface area contributed by atoms with Gasteiger partial charge in [-0.1, -0.05) is 30.3 Å². The van der Waals surface area contributed by atoms with Crippen LogP contribution in [0.5, 0.6) is 0 Å². The van der Waals surface area contributed by atoms with E-state index in [2.05, 4.69) is 26.9 Å². The highest BCUT2D eigenvalue weighted by molar-refractivity contribution is 5.86. The van der Waals surface area contributed by atoms with Crippen LogP contribution in [0, 0.1) is 0 Å². The molecule has 0 aliphatic carbocycles. The van der Waals surface area contributed by atoms with E-state index in [0.717, 1.165) is 22.3 Å². The van der Waals surface area contributed by atoms with Crippen molar-refractivity contribution in [2.75, 3.05) is 0 Å². The van der Waals surface area contributed by atoms with Crippen LogP contribution in [0.3, 0.4) is 0 Å². The Balaban J connectivity index is 2.07. The Morgan fingerprint density at radius 1 is 0.789 bits per heavy atom. The van der Waals surface area contributed by atoms with Gasteiger partial charge in [-0.15, -0.1) is 5.11 Å². The van der Waals surface area contributed by atoms with Gasteiger partial charge in [-0.05, 0) is 18.2 Å². The number of pyridine rings is 1. The number of aryl methyl sites for hydroxylation is 1. The zero-order valence-electron chi connectivity index (χ0n) is 10.7. The molecule has 2 aromatic carbocycles. The zero-order valence-corrected chi connectivity index (χ0v) is 10.7. The van der Waals surface area contributed by atoms with Gasteiger partial charge in [0.15, 0.2) is 6.20 Å². The average molecular weight is 248 g/mol. The van der Waals surface area contributed by atoms with Gasteiger partial charge in [0.25, 0.3) is 0 Å². The molecule has 0 radical (unpaired) electrons. The number of benzene rings is 2. The van der Waals surface area contributed by atoms with Crippen molar-refractivity contribution >= 4 is 22.3 Å². The van der Waals surface area contributed by atoms with Crippen LogP contribution in [0.25, 0.3) is 10.9 Å². The van der Waals surface area contributed by atoms with Crippen molar-refractivity contribution in [1.29, 1.82) is 0 Å². The first-order chi connectivity index (χ1) is 9.34. The minimum atomic E-state index is 0.861. The SMILES string of the molecule is C[n+]1ccc(N=Nc2ccccc2)c2ccccc21. The Labute approximate surface area is 111 Å². The van der Waals surface area contributed by atoms with Crippen LogP contribution >= 0.6 is 0 Å². The van der Waals surface area contributed by atoms with E-state index in [0.29, 0.717) is 0 Å². The van der Waals surface area contributed by atoms with E-state index in [-0.39, 0.29) is 0 Å². The number of nitrogens with zero attached hydrogens (tertiary/aromatic N) is 3. The van der Waals surface area contributed by atoms with Crippen LogP contribution in [-0.2, 0) is 7.05 Å². The number of aromatic nitrogens is 1. The predicted molar refractivity (Wildman–Crippen MR) is 75.7 cm³/mol. The molecule has 0 aliphatic heterocycles. The Morgan fingerprint density at radius 3 is 2.37 bits per heavy atom. The number of hydrogen-bond donors (Lipinski definition) is 0. The Kier molecular flexibility index (Phi) is 3.02. The predicted octanol–water partition coefficient (Wildman–Crippen LogP) is 4.08. The molecule has 3 heteroatoms. The molecule has 0 unspecified atom stereocenters. The molecule has 0 saturated heterocycles. The lowest BCUT2D eigenvalue weighted by molar-refractivity contribution is -0.644. The third-order valence-corrected chi connectivity index (χ3v) is 3.05. The van der Waals surface area contributed by atoms with Crippen LogP contribution in [0.1, 0.15) is 0 Å². The molecular weight excluding hydrogens is 234 g/mol. The van der Waals surface area contributed by atoms with Crippen LogP contribution in [0.2, 0.25) is 0 Å². The Morgan fingerprint density at radius 2 is 1.53 bits per heavy atom. The van der Waals surface area contributed by atoms with E-state index in [9.17, 15) is 0 Å². The normalized spacial score (nSPS) is 11.2. The minimum Gasteiger partial charge on any atom is -0.201 e. The van der Waals surface area contributed by atoms with Gasteiger partial charge in [-0.25, -0.2) is 4.57 Å². The fraction of sp³-hybridized carbons (Fsp3) is 0.0625.